The average Bonchev–Trinajstić information content (AvgIpc) is 2.51. The van der Waals surface area contributed by atoms with Gasteiger partial charge in [-0.05, 0) is 19.1 Å². The maximum atomic E-state index is 11.6. The van der Waals surface area contributed by atoms with Gasteiger partial charge in [-0.15, -0.1) is 11.8 Å². The van der Waals surface area contributed by atoms with E-state index < -0.39 is 0 Å². The molecule has 0 aliphatic carbocycles. The molecular formula is C16H15N2O2S+. The lowest BCUT2D eigenvalue weighted by molar-refractivity contribution is -0.579. The summed E-state index contributed by atoms with van der Waals surface area (Å²) in [4.78, 5) is 12.7. The Labute approximate surface area is 126 Å². The smallest absolute Gasteiger partial charge is 0.316 e. The Morgan fingerprint density at radius 2 is 2.05 bits per heavy atom. The third kappa shape index (κ3) is 2.83. The Kier molecular flexibility index (Phi) is 4.01. The van der Waals surface area contributed by atoms with E-state index >= 15 is 0 Å². The number of benzene rings is 1. The number of carbonyl (C=O) groups excluding carboxylic acids is 1. The summed E-state index contributed by atoms with van der Waals surface area (Å²) < 4.78 is 6.85. The number of aromatic nitrogens is 2. The van der Waals surface area contributed by atoms with E-state index in [-0.39, 0.29) is 5.97 Å². The fourth-order valence-electron chi connectivity index (χ4n) is 2.19. The predicted molar refractivity (Wildman–Crippen MR) is 82.3 cm³/mol. The number of rotatable bonds is 4. The van der Waals surface area contributed by atoms with E-state index in [1.54, 1.807) is 0 Å². The Morgan fingerprint density at radius 3 is 2.90 bits per heavy atom. The van der Waals surface area contributed by atoms with E-state index in [0.29, 0.717) is 12.4 Å². The average molecular weight is 299 g/mol. The van der Waals surface area contributed by atoms with Gasteiger partial charge in [0.25, 0.3) is 5.52 Å². The van der Waals surface area contributed by atoms with Crippen LogP contribution in [0.4, 0.5) is 0 Å². The minimum atomic E-state index is -0.197. The number of fused-ring (bicyclic) bond motifs is 2. The van der Waals surface area contributed by atoms with Gasteiger partial charge in [-0.1, -0.05) is 22.7 Å². The third-order valence-corrected chi connectivity index (χ3v) is 4.17. The number of ether oxygens (including phenoxy) is 1. The van der Waals surface area contributed by atoms with Crippen molar-refractivity contribution in [3.63, 3.8) is 0 Å². The van der Waals surface area contributed by atoms with Crippen LogP contribution in [-0.4, -0.2) is 23.4 Å². The van der Waals surface area contributed by atoms with E-state index in [0.717, 1.165) is 21.3 Å². The first-order valence-corrected chi connectivity index (χ1v) is 7.76. The molecule has 0 spiro atoms. The van der Waals surface area contributed by atoms with Crippen molar-refractivity contribution < 1.29 is 14.0 Å². The van der Waals surface area contributed by atoms with E-state index in [1.807, 2.05) is 60.1 Å². The second kappa shape index (κ2) is 6.10. The van der Waals surface area contributed by atoms with Crippen LogP contribution in [0, 0.1) is 0 Å². The lowest BCUT2D eigenvalue weighted by atomic mass is 10.2. The number of hydrogen-bond donors (Lipinski definition) is 0. The van der Waals surface area contributed by atoms with Gasteiger partial charge in [0.05, 0.1) is 17.3 Å². The molecule has 106 valence electrons. The molecule has 0 unspecified atom stereocenters. The number of thioether (sulfide) groups is 1. The van der Waals surface area contributed by atoms with Gasteiger partial charge in [-0.3, -0.25) is 4.79 Å². The number of hydrogen-bond acceptors (Lipinski definition) is 4. The number of pyridine rings is 1. The molecule has 0 aliphatic rings. The van der Waals surface area contributed by atoms with Crippen LogP contribution in [0.1, 0.15) is 6.92 Å². The molecule has 2 aromatic heterocycles. The summed E-state index contributed by atoms with van der Waals surface area (Å²) in [5.74, 6) is 0.101. The summed E-state index contributed by atoms with van der Waals surface area (Å²) >= 11 is 1.49. The molecule has 0 atom stereocenters. The Balaban J connectivity index is 2.09. The molecular weight excluding hydrogens is 284 g/mol. The van der Waals surface area contributed by atoms with Crippen LogP contribution in [-0.2, 0) is 9.53 Å². The summed E-state index contributed by atoms with van der Waals surface area (Å²) in [6, 6.07) is 13.9. The molecule has 3 aromatic rings. The van der Waals surface area contributed by atoms with Crippen molar-refractivity contribution in [3.8, 4) is 0 Å². The predicted octanol–water partition coefficient (Wildman–Crippen LogP) is 2.63. The van der Waals surface area contributed by atoms with E-state index in [9.17, 15) is 4.79 Å². The molecule has 0 amide bonds. The molecule has 0 saturated carbocycles. The van der Waals surface area contributed by atoms with Gasteiger partial charge >= 0.3 is 5.97 Å². The summed E-state index contributed by atoms with van der Waals surface area (Å²) in [6.45, 7) is 2.22. The number of carbonyl (C=O) groups is 1. The van der Waals surface area contributed by atoms with Gasteiger partial charge in [-0.25, -0.2) is 0 Å². The van der Waals surface area contributed by atoms with Crippen LogP contribution in [0.3, 0.4) is 0 Å². The minimum Gasteiger partial charge on any atom is -0.465 e. The van der Waals surface area contributed by atoms with Crippen LogP contribution in [0.25, 0.3) is 16.4 Å². The van der Waals surface area contributed by atoms with Crippen molar-refractivity contribution in [1.82, 2.24) is 5.10 Å². The largest absolute Gasteiger partial charge is 0.465 e. The van der Waals surface area contributed by atoms with Crippen LogP contribution in [0.5, 0.6) is 0 Å². The first-order chi connectivity index (χ1) is 10.3. The number of esters is 1. The maximum Gasteiger partial charge on any atom is 0.316 e. The molecule has 0 fully saturated rings. The lowest BCUT2D eigenvalue weighted by Crippen LogP contribution is -2.26. The monoisotopic (exact) mass is 299 g/mol. The lowest BCUT2D eigenvalue weighted by Gasteiger charge is -2.05. The Morgan fingerprint density at radius 1 is 1.24 bits per heavy atom. The molecule has 21 heavy (non-hydrogen) atoms. The molecule has 0 radical (unpaired) electrons. The molecule has 1 aromatic carbocycles. The summed E-state index contributed by atoms with van der Waals surface area (Å²) in [5, 5.41) is 5.64. The fourth-order valence-corrected chi connectivity index (χ4v) is 3.18. The fraction of sp³-hybridized carbons (Fsp3) is 0.188. The van der Waals surface area contributed by atoms with Crippen molar-refractivity contribution in [3.05, 3.63) is 48.7 Å². The molecule has 4 nitrogen and oxygen atoms in total. The molecule has 2 heterocycles. The zero-order valence-electron chi connectivity index (χ0n) is 11.7. The molecule has 5 heteroatoms. The first-order valence-electron chi connectivity index (χ1n) is 6.77. The minimum absolute atomic E-state index is 0.197. The van der Waals surface area contributed by atoms with Crippen LogP contribution in [0.2, 0.25) is 0 Å². The van der Waals surface area contributed by atoms with Gasteiger partial charge in [0.15, 0.2) is 0 Å². The van der Waals surface area contributed by atoms with Crippen LogP contribution in [0.15, 0.2) is 53.6 Å². The maximum absolute atomic E-state index is 11.6. The normalized spacial score (nSPS) is 10.9. The Hall–Kier alpha value is -2.14. The standard InChI is InChI=1S/C16H15N2O2S/c1-2-20-15(19)11-21-16-12-7-3-4-8-13(12)17-18-10-6-5-9-14(16)18/h3-10H,2,11H2,1H3/q+1. The molecule has 0 aliphatic heterocycles. The second-order valence-corrected chi connectivity index (χ2v) is 5.46. The highest BCUT2D eigenvalue weighted by molar-refractivity contribution is 8.00. The van der Waals surface area contributed by atoms with Crippen LogP contribution < -0.4 is 4.52 Å². The zero-order valence-corrected chi connectivity index (χ0v) is 12.5. The summed E-state index contributed by atoms with van der Waals surface area (Å²) in [6.07, 6.45) is 1.91. The van der Waals surface area contributed by atoms with Gasteiger partial charge in [0, 0.05) is 22.6 Å². The summed E-state index contributed by atoms with van der Waals surface area (Å²) in [5.41, 5.74) is 1.90. The van der Waals surface area contributed by atoms with Crippen molar-refractivity contribution in [2.45, 2.75) is 11.8 Å². The topological polar surface area (TPSA) is 43.3 Å². The van der Waals surface area contributed by atoms with Gasteiger partial charge < -0.3 is 4.74 Å². The molecule has 0 bridgehead atoms. The summed E-state index contributed by atoms with van der Waals surface area (Å²) in [7, 11) is 0. The zero-order chi connectivity index (χ0) is 14.7. The third-order valence-electron chi connectivity index (χ3n) is 3.08. The Bertz CT molecular complexity index is 750. The SMILES string of the molecule is CCOC(=O)CSc1c2ccccc2n[n+]2ccccc12. The van der Waals surface area contributed by atoms with Gasteiger partial charge in [0.1, 0.15) is 5.52 Å². The quantitative estimate of drug-likeness (QED) is 0.321. The van der Waals surface area contributed by atoms with Crippen molar-refractivity contribution >= 4 is 34.2 Å². The highest BCUT2D eigenvalue weighted by Gasteiger charge is 2.17. The first kappa shape index (κ1) is 13.8. The molecule has 0 saturated heterocycles. The van der Waals surface area contributed by atoms with Crippen molar-refractivity contribution in [2.75, 3.05) is 12.4 Å². The number of nitrogens with zero attached hydrogens (tertiary/aromatic N) is 2. The van der Waals surface area contributed by atoms with Crippen LogP contribution >= 0.6 is 11.8 Å². The van der Waals surface area contributed by atoms with E-state index in [1.165, 1.54) is 11.8 Å². The highest BCUT2D eigenvalue weighted by atomic mass is 32.2. The molecule has 0 N–H and O–H groups in total. The highest BCUT2D eigenvalue weighted by Crippen LogP contribution is 2.29. The van der Waals surface area contributed by atoms with E-state index in [2.05, 4.69) is 5.10 Å². The molecule has 3 rings (SSSR count). The van der Waals surface area contributed by atoms with Gasteiger partial charge in [0.2, 0.25) is 6.20 Å². The van der Waals surface area contributed by atoms with Crippen molar-refractivity contribution in [2.24, 2.45) is 0 Å². The van der Waals surface area contributed by atoms with E-state index in [4.69, 9.17) is 4.74 Å². The van der Waals surface area contributed by atoms with Gasteiger partial charge in [-0.2, -0.15) is 0 Å². The second-order valence-electron chi connectivity index (χ2n) is 4.47. The van der Waals surface area contributed by atoms with Crippen molar-refractivity contribution in [1.29, 1.82) is 0 Å².